The Morgan fingerprint density at radius 3 is 2.72 bits per heavy atom. The van der Waals surface area contributed by atoms with Crippen LogP contribution in [0.2, 0.25) is 0 Å². The zero-order valence-corrected chi connectivity index (χ0v) is 16.2. The molecule has 0 aliphatic rings. The monoisotopic (exact) mass is 391 g/mol. The summed E-state index contributed by atoms with van der Waals surface area (Å²) in [5.41, 5.74) is 2.37. The molecule has 0 N–H and O–H groups in total. The summed E-state index contributed by atoms with van der Waals surface area (Å²) in [6.07, 6.45) is 4.79. The lowest BCUT2D eigenvalue weighted by molar-refractivity contribution is -0.384. The van der Waals surface area contributed by atoms with Crippen molar-refractivity contribution in [2.75, 3.05) is 7.05 Å². The molecule has 3 rings (SSSR count). The molecule has 0 spiro atoms. The van der Waals surface area contributed by atoms with Crippen LogP contribution < -0.4 is 0 Å². The Bertz CT molecular complexity index is 1030. The minimum atomic E-state index is -0.448. The Morgan fingerprint density at radius 2 is 2.00 bits per heavy atom. The van der Waals surface area contributed by atoms with Crippen LogP contribution in [0.1, 0.15) is 29.8 Å². The van der Waals surface area contributed by atoms with E-state index in [0.717, 1.165) is 5.56 Å². The van der Waals surface area contributed by atoms with Crippen LogP contribution in [0.4, 0.5) is 5.69 Å². The third-order valence-corrected chi connectivity index (χ3v) is 4.63. The Balaban J connectivity index is 1.64. The van der Waals surface area contributed by atoms with Gasteiger partial charge in [0.1, 0.15) is 5.69 Å². The Kier molecular flexibility index (Phi) is 6.13. The van der Waals surface area contributed by atoms with Crippen LogP contribution in [-0.4, -0.2) is 37.8 Å². The Hall–Kier alpha value is -3.81. The molecule has 8 heteroatoms. The zero-order chi connectivity index (χ0) is 20.8. The van der Waals surface area contributed by atoms with Gasteiger partial charge in [-0.1, -0.05) is 47.7 Å². The lowest BCUT2D eigenvalue weighted by atomic mass is 10.1. The number of nitro groups is 1. The number of carbonyl (C=O) groups excluding carboxylic acids is 1. The standard InChI is InChI=1S/C21H21N5O3/c1-16(18-9-6-10-20(13-18)26(28)29)24(2)21(27)12-11-19-15-25(23-22-19)14-17-7-4-3-5-8-17/h3-13,15-16H,14H2,1-2H3/b12-11+/t16-/m1/s1. The smallest absolute Gasteiger partial charge is 0.269 e. The van der Waals surface area contributed by atoms with Gasteiger partial charge in [-0.15, -0.1) is 5.10 Å². The highest BCUT2D eigenvalue weighted by Crippen LogP contribution is 2.23. The first kappa shape index (κ1) is 19.9. The summed E-state index contributed by atoms with van der Waals surface area (Å²) >= 11 is 0. The summed E-state index contributed by atoms with van der Waals surface area (Å²) < 4.78 is 1.70. The summed E-state index contributed by atoms with van der Waals surface area (Å²) in [4.78, 5) is 24.5. The number of non-ortho nitro benzene ring substituents is 1. The lowest BCUT2D eigenvalue weighted by Crippen LogP contribution is -2.28. The molecule has 1 heterocycles. The van der Waals surface area contributed by atoms with E-state index < -0.39 is 4.92 Å². The third kappa shape index (κ3) is 5.13. The van der Waals surface area contributed by atoms with Crippen LogP contribution in [0.5, 0.6) is 0 Å². The zero-order valence-electron chi connectivity index (χ0n) is 16.2. The van der Waals surface area contributed by atoms with E-state index in [4.69, 9.17) is 0 Å². The molecule has 1 aromatic heterocycles. The van der Waals surface area contributed by atoms with E-state index in [9.17, 15) is 14.9 Å². The highest BCUT2D eigenvalue weighted by molar-refractivity contribution is 5.91. The molecule has 1 amide bonds. The van der Waals surface area contributed by atoms with Gasteiger partial charge in [-0.25, -0.2) is 4.68 Å². The lowest BCUT2D eigenvalue weighted by Gasteiger charge is -2.24. The van der Waals surface area contributed by atoms with Gasteiger partial charge in [0.05, 0.1) is 23.7 Å². The van der Waals surface area contributed by atoms with Gasteiger partial charge in [0, 0.05) is 25.3 Å². The van der Waals surface area contributed by atoms with E-state index >= 15 is 0 Å². The second-order valence-corrected chi connectivity index (χ2v) is 6.64. The number of aromatic nitrogens is 3. The molecular weight excluding hydrogens is 370 g/mol. The van der Waals surface area contributed by atoms with Gasteiger partial charge in [-0.3, -0.25) is 14.9 Å². The van der Waals surface area contributed by atoms with Crippen LogP contribution in [-0.2, 0) is 11.3 Å². The summed E-state index contributed by atoms with van der Waals surface area (Å²) in [5, 5.41) is 19.1. The molecular formula is C21H21N5O3. The van der Waals surface area contributed by atoms with Gasteiger partial charge in [-0.05, 0) is 24.1 Å². The quantitative estimate of drug-likeness (QED) is 0.349. The molecule has 2 aromatic carbocycles. The van der Waals surface area contributed by atoms with Crippen molar-refractivity contribution in [3.05, 3.63) is 93.8 Å². The molecule has 0 radical (unpaired) electrons. The Labute approximate surface area is 168 Å². The molecule has 0 aliphatic carbocycles. The topological polar surface area (TPSA) is 94.2 Å². The first-order chi connectivity index (χ1) is 13.9. The maximum atomic E-state index is 12.5. The number of hydrogen-bond donors (Lipinski definition) is 0. The minimum Gasteiger partial charge on any atom is -0.335 e. The molecule has 29 heavy (non-hydrogen) atoms. The van der Waals surface area contributed by atoms with Crippen molar-refractivity contribution in [2.24, 2.45) is 0 Å². The molecule has 0 aliphatic heterocycles. The average Bonchev–Trinajstić information content (AvgIpc) is 3.19. The van der Waals surface area contributed by atoms with Crippen LogP contribution in [0.25, 0.3) is 6.08 Å². The molecule has 0 saturated heterocycles. The second-order valence-electron chi connectivity index (χ2n) is 6.64. The molecule has 8 nitrogen and oxygen atoms in total. The summed E-state index contributed by atoms with van der Waals surface area (Å²) in [6.45, 7) is 2.42. The van der Waals surface area contributed by atoms with Gasteiger partial charge in [-0.2, -0.15) is 0 Å². The number of carbonyl (C=O) groups is 1. The minimum absolute atomic E-state index is 0.000714. The van der Waals surface area contributed by atoms with Gasteiger partial charge in [0.25, 0.3) is 5.69 Å². The molecule has 3 aromatic rings. The maximum absolute atomic E-state index is 12.5. The van der Waals surface area contributed by atoms with Crippen molar-refractivity contribution in [1.82, 2.24) is 19.9 Å². The van der Waals surface area contributed by atoms with E-state index in [1.54, 1.807) is 36.1 Å². The largest absolute Gasteiger partial charge is 0.335 e. The molecule has 0 fully saturated rings. The number of benzene rings is 2. The van der Waals surface area contributed by atoms with E-state index in [0.29, 0.717) is 17.8 Å². The normalized spacial score (nSPS) is 12.1. The fraction of sp³-hybridized carbons (Fsp3) is 0.190. The van der Waals surface area contributed by atoms with Crippen molar-refractivity contribution in [2.45, 2.75) is 19.5 Å². The Morgan fingerprint density at radius 1 is 1.24 bits per heavy atom. The van der Waals surface area contributed by atoms with Crippen molar-refractivity contribution in [3.8, 4) is 0 Å². The summed E-state index contributed by atoms with van der Waals surface area (Å²) in [7, 11) is 1.66. The predicted octanol–water partition coefficient (Wildman–Crippen LogP) is 3.47. The number of nitrogens with zero attached hydrogens (tertiary/aromatic N) is 5. The van der Waals surface area contributed by atoms with Crippen LogP contribution in [0.3, 0.4) is 0 Å². The van der Waals surface area contributed by atoms with E-state index in [-0.39, 0.29) is 17.6 Å². The second kappa shape index (κ2) is 8.92. The SMILES string of the molecule is C[C@H](c1cccc([N+](=O)[O-])c1)N(C)C(=O)/C=C/c1cn(Cc2ccccc2)nn1. The van der Waals surface area contributed by atoms with E-state index in [1.807, 2.05) is 37.3 Å². The maximum Gasteiger partial charge on any atom is 0.269 e. The highest BCUT2D eigenvalue weighted by atomic mass is 16.6. The van der Waals surface area contributed by atoms with E-state index in [1.165, 1.54) is 23.1 Å². The van der Waals surface area contributed by atoms with Crippen LogP contribution in [0, 0.1) is 10.1 Å². The molecule has 0 bridgehead atoms. The number of rotatable bonds is 7. The van der Waals surface area contributed by atoms with Crippen molar-refractivity contribution in [3.63, 3.8) is 0 Å². The van der Waals surface area contributed by atoms with Crippen molar-refractivity contribution >= 4 is 17.7 Å². The molecule has 0 saturated carbocycles. The predicted molar refractivity (Wildman–Crippen MR) is 109 cm³/mol. The van der Waals surface area contributed by atoms with Gasteiger partial charge < -0.3 is 4.90 Å². The summed E-state index contributed by atoms with van der Waals surface area (Å²) in [5.74, 6) is -0.235. The van der Waals surface area contributed by atoms with Crippen LogP contribution >= 0.6 is 0 Å². The van der Waals surface area contributed by atoms with Crippen molar-refractivity contribution < 1.29 is 9.72 Å². The number of hydrogen-bond acceptors (Lipinski definition) is 5. The number of likely N-dealkylation sites (N-methyl/N-ethyl adjacent to an activating group) is 1. The van der Waals surface area contributed by atoms with E-state index in [2.05, 4.69) is 10.3 Å². The molecule has 1 atom stereocenters. The number of amides is 1. The van der Waals surface area contributed by atoms with Crippen molar-refractivity contribution in [1.29, 1.82) is 0 Å². The average molecular weight is 391 g/mol. The third-order valence-electron chi connectivity index (χ3n) is 4.63. The van der Waals surface area contributed by atoms with Crippen LogP contribution in [0.15, 0.2) is 66.9 Å². The molecule has 0 unspecified atom stereocenters. The number of nitro benzene ring substituents is 1. The summed E-state index contributed by atoms with van der Waals surface area (Å²) in [6, 6.07) is 15.9. The fourth-order valence-electron chi connectivity index (χ4n) is 2.82. The first-order valence-electron chi connectivity index (χ1n) is 9.07. The highest BCUT2D eigenvalue weighted by Gasteiger charge is 2.17. The van der Waals surface area contributed by atoms with Gasteiger partial charge >= 0.3 is 0 Å². The van der Waals surface area contributed by atoms with Gasteiger partial charge in [0.15, 0.2) is 0 Å². The first-order valence-corrected chi connectivity index (χ1v) is 9.07. The fourth-order valence-corrected chi connectivity index (χ4v) is 2.82. The van der Waals surface area contributed by atoms with Gasteiger partial charge in [0.2, 0.25) is 5.91 Å². The molecule has 148 valence electrons.